The van der Waals surface area contributed by atoms with Crippen molar-refractivity contribution in [3.63, 3.8) is 0 Å². The SMILES string of the molecule is CN(C)c1ccc(F)c(Nc2cc(-c3ccc(OC(F)F)cc3)cnn2)n1. The third kappa shape index (κ3) is 4.63. The Kier molecular flexibility index (Phi) is 5.39. The maximum absolute atomic E-state index is 14.0. The number of anilines is 3. The van der Waals surface area contributed by atoms with E-state index >= 15 is 0 Å². The van der Waals surface area contributed by atoms with Gasteiger partial charge in [-0.3, -0.25) is 0 Å². The summed E-state index contributed by atoms with van der Waals surface area (Å²) in [5.74, 6) is 0.427. The lowest BCUT2D eigenvalue weighted by molar-refractivity contribution is -0.0498. The molecule has 3 aromatic rings. The van der Waals surface area contributed by atoms with Crippen molar-refractivity contribution in [2.24, 2.45) is 0 Å². The van der Waals surface area contributed by atoms with Crippen LogP contribution in [0.4, 0.5) is 30.6 Å². The van der Waals surface area contributed by atoms with Crippen molar-refractivity contribution in [1.82, 2.24) is 15.2 Å². The smallest absolute Gasteiger partial charge is 0.387 e. The summed E-state index contributed by atoms with van der Waals surface area (Å²) in [6.07, 6.45) is 1.51. The van der Waals surface area contributed by atoms with Gasteiger partial charge >= 0.3 is 6.61 Å². The van der Waals surface area contributed by atoms with E-state index in [0.29, 0.717) is 22.8 Å². The van der Waals surface area contributed by atoms with Crippen molar-refractivity contribution in [3.8, 4) is 16.9 Å². The van der Waals surface area contributed by atoms with E-state index in [1.807, 2.05) is 0 Å². The van der Waals surface area contributed by atoms with Gasteiger partial charge in [-0.15, -0.1) is 5.10 Å². The lowest BCUT2D eigenvalue weighted by atomic mass is 10.1. The van der Waals surface area contributed by atoms with Gasteiger partial charge in [0.1, 0.15) is 11.6 Å². The molecule has 0 fully saturated rings. The van der Waals surface area contributed by atoms with Gasteiger partial charge in [0.2, 0.25) is 0 Å². The molecule has 1 N–H and O–H groups in total. The molecule has 0 aliphatic rings. The first kappa shape index (κ1) is 18.4. The average Bonchev–Trinajstić information content (AvgIpc) is 2.64. The summed E-state index contributed by atoms with van der Waals surface area (Å²) in [7, 11) is 3.59. The van der Waals surface area contributed by atoms with Crippen LogP contribution in [-0.4, -0.2) is 35.9 Å². The van der Waals surface area contributed by atoms with E-state index in [1.54, 1.807) is 43.3 Å². The Bertz CT molecular complexity index is 919. The van der Waals surface area contributed by atoms with Crippen LogP contribution in [0.2, 0.25) is 0 Å². The first-order valence-electron chi connectivity index (χ1n) is 7.91. The number of halogens is 3. The van der Waals surface area contributed by atoms with Crippen molar-refractivity contribution in [2.75, 3.05) is 24.3 Å². The molecule has 0 amide bonds. The average molecular weight is 375 g/mol. The van der Waals surface area contributed by atoms with Crippen LogP contribution in [0.15, 0.2) is 48.7 Å². The van der Waals surface area contributed by atoms with Crippen LogP contribution in [0.1, 0.15) is 0 Å². The highest BCUT2D eigenvalue weighted by atomic mass is 19.3. The van der Waals surface area contributed by atoms with Crippen molar-refractivity contribution >= 4 is 17.5 Å². The number of alkyl halides is 2. The molecule has 6 nitrogen and oxygen atoms in total. The first-order valence-corrected chi connectivity index (χ1v) is 7.91. The second-order valence-corrected chi connectivity index (χ2v) is 5.75. The van der Waals surface area contributed by atoms with Crippen LogP contribution in [0.5, 0.6) is 5.75 Å². The molecule has 0 unspecified atom stereocenters. The molecule has 0 aliphatic carbocycles. The number of benzene rings is 1. The minimum atomic E-state index is -2.88. The Labute approximate surface area is 153 Å². The van der Waals surface area contributed by atoms with Crippen LogP contribution in [0.25, 0.3) is 11.1 Å². The molecule has 0 aliphatic heterocycles. The van der Waals surface area contributed by atoms with Crippen LogP contribution >= 0.6 is 0 Å². The quantitative estimate of drug-likeness (QED) is 0.700. The zero-order valence-electron chi connectivity index (χ0n) is 14.5. The standard InChI is InChI=1S/C18H16F3N5O/c1-26(2)16-8-7-14(19)17(24-16)23-15-9-12(10-22-25-15)11-3-5-13(6-4-11)27-18(20)21/h3-10,18H,1-2H3,(H,23,24,25). The molecule has 1 aromatic carbocycles. The minimum absolute atomic E-state index is 0.0216. The fraction of sp³-hybridized carbons (Fsp3) is 0.167. The van der Waals surface area contributed by atoms with E-state index in [-0.39, 0.29) is 11.6 Å². The van der Waals surface area contributed by atoms with Gasteiger partial charge in [-0.2, -0.15) is 13.9 Å². The lowest BCUT2D eigenvalue weighted by Crippen LogP contribution is -2.12. The first-order chi connectivity index (χ1) is 12.9. The van der Waals surface area contributed by atoms with Gasteiger partial charge in [0, 0.05) is 19.7 Å². The van der Waals surface area contributed by atoms with E-state index in [9.17, 15) is 13.2 Å². The Morgan fingerprint density at radius 2 is 1.78 bits per heavy atom. The number of nitrogens with zero attached hydrogens (tertiary/aromatic N) is 4. The molecular weight excluding hydrogens is 359 g/mol. The maximum Gasteiger partial charge on any atom is 0.387 e. The molecule has 0 spiro atoms. The summed E-state index contributed by atoms with van der Waals surface area (Å²) in [6.45, 7) is -2.88. The summed E-state index contributed by atoms with van der Waals surface area (Å²) in [5.41, 5.74) is 1.38. The van der Waals surface area contributed by atoms with Gasteiger partial charge < -0.3 is 15.0 Å². The van der Waals surface area contributed by atoms with Crippen molar-refractivity contribution in [2.45, 2.75) is 6.61 Å². The molecule has 140 valence electrons. The van der Waals surface area contributed by atoms with Crippen molar-refractivity contribution in [1.29, 1.82) is 0 Å². The van der Waals surface area contributed by atoms with Crippen LogP contribution in [-0.2, 0) is 0 Å². The highest BCUT2D eigenvalue weighted by Gasteiger charge is 2.10. The van der Waals surface area contributed by atoms with E-state index in [0.717, 1.165) is 0 Å². The van der Waals surface area contributed by atoms with Gasteiger partial charge in [-0.05, 0) is 35.9 Å². The third-order valence-electron chi connectivity index (χ3n) is 3.60. The molecule has 0 bridgehead atoms. The zero-order chi connectivity index (χ0) is 19.4. The molecule has 9 heteroatoms. The van der Waals surface area contributed by atoms with E-state index in [2.05, 4.69) is 25.2 Å². The lowest BCUT2D eigenvalue weighted by Gasteiger charge is -2.13. The summed E-state index contributed by atoms with van der Waals surface area (Å²) in [6, 6.07) is 10.6. The molecule has 0 saturated carbocycles. The fourth-order valence-electron chi connectivity index (χ4n) is 2.30. The topological polar surface area (TPSA) is 63.2 Å². The molecule has 2 aromatic heterocycles. The van der Waals surface area contributed by atoms with Crippen LogP contribution in [0.3, 0.4) is 0 Å². The highest BCUT2D eigenvalue weighted by molar-refractivity contribution is 5.67. The van der Waals surface area contributed by atoms with Gasteiger partial charge in [0.05, 0.1) is 6.20 Å². The largest absolute Gasteiger partial charge is 0.435 e. The van der Waals surface area contributed by atoms with E-state index < -0.39 is 12.4 Å². The number of ether oxygens (including phenoxy) is 1. The van der Waals surface area contributed by atoms with Gasteiger partial charge in [-0.25, -0.2) is 9.37 Å². The van der Waals surface area contributed by atoms with E-state index in [1.165, 1.54) is 24.4 Å². The number of pyridine rings is 1. The second-order valence-electron chi connectivity index (χ2n) is 5.75. The predicted octanol–water partition coefficient (Wildman–Crippen LogP) is 4.09. The summed E-state index contributed by atoms with van der Waals surface area (Å²) < 4.78 is 42.8. The Morgan fingerprint density at radius 1 is 1.04 bits per heavy atom. The Balaban J connectivity index is 1.83. The Morgan fingerprint density at radius 3 is 2.44 bits per heavy atom. The third-order valence-corrected chi connectivity index (χ3v) is 3.60. The summed E-state index contributed by atoms with van der Waals surface area (Å²) >= 11 is 0. The maximum atomic E-state index is 14.0. The zero-order valence-corrected chi connectivity index (χ0v) is 14.5. The summed E-state index contributed by atoms with van der Waals surface area (Å²) in [4.78, 5) is 5.94. The van der Waals surface area contributed by atoms with Crippen LogP contribution < -0.4 is 15.0 Å². The molecule has 0 saturated heterocycles. The molecule has 27 heavy (non-hydrogen) atoms. The van der Waals surface area contributed by atoms with Crippen LogP contribution in [0, 0.1) is 5.82 Å². The van der Waals surface area contributed by atoms with E-state index in [4.69, 9.17) is 0 Å². The van der Waals surface area contributed by atoms with Gasteiger partial charge in [-0.1, -0.05) is 12.1 Å². The summed E-state index contributed by atoms with van der Waals surface area (Å²) in [5, 5.41) is 10.6. The van der Waals surface area contributed by atoms with Gasteiger partial charge in [0.15, 0.2) is 17.5 Å². The number of hydrogen-bond donors (Lipinski definition) is 1. The monoisotopic (exact) mass is 375 g/mol. The molecule has 2 heterocycles. The fourth-order valence-corrected chi connectivity index (χ4v) is 2.30. The molecule has 3 rings (SSSR count). The number of rotatable bonds is 6. The molecular formula is C18H16F3N5O. The second kappa shape index (κ2) is 7.90. The number of hydrogen-bond acceptors (Lipinski definition) is 6. The number of aromatic nitrogens is 3. The normalized spacial score (nSPS) is 10.7. The Hall–Kier alpha value is -3.36. The van der Waals surface area contributed by atoms with Gasteiger partial charge in [0.25, 0.3) is 0 Å². The minimum Gasteiger partial charge on any atom is -0.435 e. The highest BCUT2D eigenvalue weighted by Crippen LogP contribution is 2.26. The molecule has 0 radical (unpaired) electrons. The van der Waals surface area contributed by atoms with Crippen molar-refractivity contribution < 1.29 is 17.9 Å². The number of nitrogens with one attached hydrogen (secondary N) is 1. The molecule has 0 atom stereocenters. The predicted molar refractivity (Wildman–Crippen MR) is 95.9 cm³/mol. The van der Waals surface area contributed by atoms with Crippen molar-refractivity contribution in [3.05, 3.63) is 54.5 Å².